The lowest BCUT2D eigenvalue weighted by Crippen LogP contribution is -2.05. The topological polar surface area (TPSA) is 20.2 Å². The number of benzene rings is 1. The van der Waals surface area contributed by atoms with Crippen molar-refractivity contribution in [3.63, 3.8) is 0 Å². The molecule has 0 amide bonds. The Morgan fingerprint density at radius 3 is 2.75 bits per heavy atom. The van der Waals surface area contributed by atoms with Crippen molar-refractivity contribution >= 4 is 15.9 Å². The first kappa shape index (κ1) is 13.7. The summed E-state index contributed by atoms with van der Waals surface area (Å²) < 4.78 is 13.5. The van der Waals surface area contributed by atoms with Gasteiger partial charge in [0.05, 0.1) is 10.6 Å². The van der Waals surface area contributed by atoms with Gasteiger partial charge in [0.2, 0.25) is 0 Å². The normalized spacial score (nSPS) is 12.8. The Labute approximate surface area is 105 Å². The summed E-state index contributed by atoms with van der Waals surface area (Å²) in [6, 6.07) is 5.08. The van der Waals surface area contributed by atoms with Crippen molar-refractivity contribution in [1.82, 2.24) is 0 Å². The van der Waals surface area contributed by atoms with E-state index in [4.69, 9.17) is 0 Å². The van der Waals surface area contributed by atoms with Crippen LogP contribution in [0.4, 0.5) is 4.39 Å². The van der Waals surface area contributed by atoms with Crippen molar-refractivity contribution in [2.24, 2.45) is 0 Å². The van der Waals surface area contributed by atoms with Crippen LogP contribution in [0.2, 0.25) is 0 Å². The zero-order valence-corrected chi connectivity index (χ0v) is 11.1. The van der Waals surface area contributed by atoms with Crippen LogP contribution in [0.3, 0.4) is 0 Å². The summed E-state index contributed by atoms with van der Waals surface area (Å²) in [6.07, 6.45) is 4.35. The van der Waals surface area contributed by atoms with Crippen LogP contribution in [0.25, 0.3) is 0 Å². The van der Waals surface area contributed by atoms with E-state index < -0.39 is 0 Å². The highest BCUT2D eigenvalue weighted by Gasteiger charge is 2.04. The molecule has 0 radical (unpaired) electrons. The van der Waals surface area contributed by atoms with E-state index in [-0.39, 0.29) is 11.9 Å². The standard InChI is InChI=1S/C13H18BrFO/c1-2-4-11(16)6-3-5-10-7-8-13(15)12(14)9-10/h7-9,11,16H,2-6H2,1H3. The molecule has 0 spiro atoms. The largest absolute Gasteiger partial charge is 0.393 e. The Balaban J connectivity index is 2.34. The molecule has 0 saturated heterocycles. The van der Waals surface area contributed by atoms with Gasteiger partial charge in [-0.2, -0.15) is 0 Å². The average molecular weight is 289 g/mol. The minimum absolute atomic E-state index is 0.186. The molecule has 3 heteroatoms. The Kier molecular flexibility index (Phi) is 5.99. The summed E-state index contributed by atoms with van der Waals surface area (Å²) >= 11 is 3.17. The molecule has 0 aliphatic rings. The number of rotatable bonds is 6. The monoisotopic (exact) mass is 288 g/mol. The van der Waals surface area contributed by atoms with Crippen LogP contribution in [0.1, 0.15) is 38.2 Å². The predicted molar refractivity (Wildman–Crippen MR) is 68.0 cm³/mol. The van der Waals surface area contributed by atoms with Gasteiger partial charge < -0.3 is 5.11 Å². The number of hydrogen-bond donors (Lipinski definition) is 1. The fourth-order valence-corrected chi connectivity index (χ4v) is 2.14. The average Bonchev–Trinajstić information content (AvgIpc) is 2.24. The van der Waals surface area contributed by atoms with Crippen molar-refractivity contribution in [2.45, 2.75) is 45.1 Å². The molecular formula is C13H18BrFO. The van der Waals surface area contributed by atoms with Gasteiger partial charge in [0.1, 0.15) is 5.82 Å². The summed E-state index contributed by atoms with van der Waals surface area (Å²) in [4.78, 5) is 0. The Bertz CT molecular complexity index is 328. The fourth-order valence-electron chi connectivity index (χ4n) is 1.71. The van der Waals surface area contributed by atoms with Crippen molar-refractivity contribution < 1.29 is 9.50 Å². The maximum atomic E-state index is 13.0. The van der Waals surface area contributed by atoms with E-state index in [9.17, 15) is 9.50 Å². The molecule has 0 aliphatic heterocycles. The molecule has 0 saturated carbocycles. The second-order valence-corrected chi connectivity index (χ2v) is 4.94. The molecule has 0 aromatic heterocycles. The first-order chi connectivity index (χ1) is 7.63. The molecule has 1 aromatic carbocycles. The van der Waals surface area contributed by atoms with Crippen molar-refractivity contribution in [1.29, 1.82) is 0 Å². The van der Waals surface area contributed by atoms with E-state index in [2.05, 4.69) is 22.9 Å². The van der Waals surface area contributed by atoms with Gasteiger partial charge in [-0.1, -0.05) is 19.4 Å². The molecular weight excluding hydrogens is 271 g/mol. The number of halogens is 2. The molecule has 1 atom stereocenters. The van der Waals surface area contributed by atoms with E-state index in [0.29, 0.717) is 4.47 Å². The SMILES string of the molecule is CCCC(O)CCCc1ccc(F)c(Br)c1. The van der Waals surface area contributed by atoms with Gasteiger partial charge in [-0.25, -0.2) is 4.39 Å². The van der Waals surface area contributed by atoms with Crippen LogP contribution in [-0.2, 0) is 6.42 Å². The molecule has 1 nitrogen and oxygen atoms in total. The van der Waals surface area contributed by atoms with Crippen LogP contribution in [0, 0.1) is 5.82 Å². The van der Waals surface area contributed by atoms with E-state index in [1.807, 2.05) is 6.07 Å². The highest BCUT2D eigenvalue weighted by molar-refractivity contribution is 9.10. The van der Waals surface area contributed by atoms with Gasteiger partial charge in [-0.3, -0.25) is 0 Å². The molecule has 1 aromatic rings. The summed E-state index contributed by atoms with van der Waals surface area (Å²) in [5, 5.41) is 9.56. The van der Waals surface area contributed by atoms with Gasteiger partial charge in [-0.05, 0) is 59.3 Å². The molecule has 16 heavy (non-hydrogen) atoms. The molecule has 0 bridgehead atoms. The Morgan fingerprint density at radius 1 is 1.38 bits per heavy atom. The third-order valence-corrected chi connectivity index (χ3v) is 3.22. The first-order valence-electron chi connectivity index (χ1n) is 5.75. The number of aliphatic hydroxyl groups is 1. The molecule has 1 rings (SSSR count). The summed E-state index contributed by atoms with van der Waals surface area (Å²) in [5.74, 6) is -0.227. The van der Waals surface area contributed by atoms with E-state index >= 15 is 0 Å². The summed E-state index contributed by atoms with van der Waals surface area (Å²) in [6.45, 7) is 2.07. The minimum atomic E-state index is -0.227. The number of aliphatic hydroxyl groups excluding tert-OH is 1. The molecule has 90 valence electrons. The van der Waals surface area contributed by atoms with E-state index in [1.54, 1.807) is 6.07 Å². The first-order valence-corrected chi connectivity index (χ1v) is 6.54. The van der Waals surface area contributed by atoms with Crippen molar-refractivity contribution in [3.8, 4) is 0 Å². The lowest BCUT2D eigenvalue weighted by Gasteiger charge is -2.08. The lowest BCUT2D eigenvalue weighted by atomic mass is 10.0. The second-order valence-electron chi connectivity index (χ2n) is 4.08. The maximum absolute atomic E-state index is 13.0. The zero-order valence-electron chi connectivity index (χ0n) is 9.55. The van der Waals surface area contributed by atoms with Gasteiger partial charge in [0.15, 0.2) is 0 Å². The van der Waals surface area contributed by atoms with Crippen LogP contribution in [0.15, 0.2) is 22.7 Å². The van der Waals surface area contributed by atoms with Gasteiger partial charge >= 0.3 is 0 Å². The molecule has 0 fully saturated rings. The van der Waals surface area contributed by atoms with Gasteiger partial charge in [-0.15, -0.1) is 0 Å². The Morgan fingerprint density at radius 2 is 2.12 bits per heavy atom. The smallest absolute Gasteiger partial charge is 0.137 e. The summed E-state index contributed by atoms with van der Waals surface area (Å²) in [7, 11) is 0. The lowest BCUT2D eigenvalue weighted by molar-refractivity contribution is 0.151. The fraction of sp³-hybridized carbons (Fsp3) is 0.538. The van der Waals surface area contributed by atoms with Crippen molar-refractivity contribution in [2.75, 3.05) is 0 Å². The Hall–Kier alpha value is -0.410. The highest BCUT2D eigenvalue weighted by Crippen LogP contribution is 2.18. The van der Waals surface area contributed by atoms with Gasteiger partial charge in [0.25, 0.3) is 0 Å². The third kappa shape index (κ3) is 4.62. The summed E-state index contributed by atoms with van der Waals surface area (Å²) in [5.41, 5.74) is 1.11. The molecule has 0 heterocycles. The van der Waals surface area contributed by atoms with E-state index in [0.717, 1.165) is 37.7 Å². The molecule has 1 N–H and O–H groups in total. The van der Waals surface area contributed by atoms with Crippen LogP contribution >= 0.6 is 15.9 Å². The maximum Gasteiger partial charge on any atom is 0.137 e. The minimum Gasteiger partial charge on any atom is -0.393 e. The number of hydrogen-bond acceptors (Lipinski definition) is 1. The zero-order chi connectivity index (χ0) is 12.0. The quantitative estimate of drug-likeness (QED) is 0.837. The van der Waals surface area contributed by atoms with Crippen LogP contribution in [-0.4, -0.2) is 11.2 Å². The van der Waals surface area contributed by atoms with Crippen molar-refractivity contribution in [3.05, 3.63) is 34.1 Å². The number of aryl methyl sites for hydroxylation is 1. The van der Waals surface area contributed by atoms with E-state index in [1.165, 1.54) is 6.07 Å². The molecule has 0 aliphatic carbocycles. The third-order valence-electron chi connectivity index (χ3n) is 2.61. The second kappa shape index (κ2) is 7.02. The predicted octanol–water partition coefficient (Wildman–Crippen LogP) is 4.07. The highest BCUT2D eigenvalue weighted by atomic mass is 79.9. The van der Waals surface area contributed by atoms with Crippen LogP contribution in [0.5, 0.6) is 0 Å². The van der Waals surface area contributed by atoms with Gasteiger partial charge in [0, 0.05) is 0 Å². The van der Waals surface area contributed by atoms with Crippen LogP contribution < -0.4 is 0 Å². The molecule has 1 unspecified atom stereocenters.